The molecule has 3 saturated heterocycles. The van der Waals surface area contributed by atoms with Crippen molar-refractivity contribution in [3.05, 3.63) is 18.2 Å². The minimum Gasteiger partial charge on any atom is -0.495 e. The predicted octanol–water partition coefficient (Wildman–Crippen LogP) is 2.26. The van der Waals surface area contributed by atoms with E-state index in [9.17, 15) is 18.0 Å². The van der Waals surface area contributed by atoms with Crippen LogP contribution in [0.3, 0.4) is 0 Å². The Bertz CT molecular complexity index is 961. The summed E-state index contributed by atoms with van der Waals surface area (Å²) in [7, 11) is -2.30. The fourth-order valence-corrected chi connectivity index (χ4v) is 7.57. The Morgan fingerprint density at radius 2 is 2.00 bits per heavy atom. The molecule has 10 heteroatoms. The van der Waals surface area contributed by atoms with Crippen LogP contribution in [0.5, 0.6) is 5.75 Å². The van der Waals surface area contributed by atoms with E-state index in [1.807, 2.05) is 6.92 Å². The molecular weight excluding hydrogens is 426 g/mol. The van der Waals surface area contributed by atoms with E-state index in [2.05, 4.69) is 5.32 Å². The van der Waals surface area contributed by atoms with Crippen molar-refractivity contribution in [3.8, 4) is 5.75 Å². The number of nitrogens with one attached hydrogen (secondary N) is 1. The predicted molar refractivity (Wildman–Crippen MR) is 115 cm³/mol. The van der Waals surface area contributed by atoms with Crippen molar-refractivity contribution in [2.45, 2.75) is 54.8 Å². The molecule has 0 aliphatic carbocycles. The van der Waals surface area contributed by atoms with Crippen molar-refractivity contribution in [2.24, 2.45) is 0 Å². The lowest BCUT2D eigenvalue weighted by Crippen LogP contribution is -2.48. The van der Waals surface area contributed by atoms with Crippen LogP contribution in [0.1, 0.15) is 39.0 Å². The van der Waals surface area contributed by atoms with E-state index < -0.39 is 16.1 Å². The van der Waals surface area contributed by atoms with Gasteiger partial charge in [-0.1, -0.05) is 6.42 Å². The van der Waals surface area contributed by atoms with E-state index in [0.29, 0.717) is 31.0 Å². The van der Waals surface area contributed by atoms with Gasteiger partial charge in [0.1, 0.15) is 16.7 Å². The normalized spacial score (nSPS) is 27.2. The van der Waals surface area contributed by atoms with Gasteiger partial charge in [0.2, 0.25) is 21.8 Å². The summed E-state index contributed by atoms with van der Waals surface area (Å²) in [6, 6.07) is 4.08. The number of hydrogen-bond donors (Lipinski definition) is 1. The highest BCUT2D eigenvalue weighted by molar-refractivity contribution is 8.01. The van der Waals surface area contributed by atoms with E-state index in [-0.39, 0.29) is 27.3 Å². The second-order valence-electron chi connectivity index (χ2n) is 8.09. The van der Waals surface area contributed by atoms with E-state index >= 15 is 0 Å². The first-order chi connectivity index (χ1) is 14.3. The average molecular weight is 454 g/mol. The third-order valence-electron chi connectivity index (χ3n) is 6.11. The molecule has 3 aliphatic rings. The van der Waals surface area contributed by atoms with Crippen molar-refractivity contribution in [3.63, 3.8) is 0 Å². The molecule has 0 aromatic heterocycles. The molecule has 0 bridgehead atoms. The van der Waals surface area contributed by atoms with Crippen LogP contribution in [0.15, 0.2) is 23.1 Å². The monoisotopic (exact) mass is 453 g/mol. The van der Waals surface area contributed by atoms with Crippen molar-refractivity contribution >= 4 is 39.3 Å². The molecule has 1 aromatic rings. The maximum Gasteiger partial charge on any atom is 0.248 e. The number of carbonyl (C=O) groups excluding carboxylic acids is 2. The Labute approximate surface area is 181 Å². The van der Waals surface area contributed by atoms with Gasteiger partial charge < -0.3 is 15.0 Å². The van der Waals surface area contributed by atoms with Crippen molar-refractivity contribution in [1.29, 1.82) is 0 Å². The molecule has 0 spiro atoms. The molecule has 3 aliphatic heterocycles. The van der Waals surface area contributed by atoms with Crippen LogP contribution in [-0.2, 0) is 19.6 Å². The van der Waals surface area contributed by atoms with Crippen LogP contribution in [0.2, 0.25) is 0 Å². The van der Waals surface area contributed by atoms with Gasteiger partial charge in [0.05, 0.1) is 12.0 Å². The molecule has 30 heavy (non-hydrogen) atoms. The Morgan fingerprint density at radius 1 is 1.27 bits per heavy atom. The molecule has 0 radical (unpaired) electrons. The average Bonchev–Trinajstić information content (AvgIpc) is 3.24. The lowest BCUT2D eigenvalue weighted by molar-refractivity contribution is -0.135. The van der Waals surface area contributed by atoms with Crippen LogP contribution < -0.4 is 10.1 Å². The molecule has 164 valence electrons. The van der Waals surface area contributed by atoms with Gasteiger partial charge in [0, 0.05) is 31.0 Å². The maximum absolute atomic E-state index is 13.2. The maximum atomic E-state index is 13.2. The Hall–Kier alpha value is -1.78. The van der Waals surface area contributed by atoms with Gasteiger partial charge in [0.15, 0.2) is 0 Å². The number of benzene rings is 1. The van der Waals surface area contributed by atoms with E-state index in [1.165, 1.54) is 17.5 Å². The third kappa shape index (κ3) is 3.69. The van der Waals surface area contributed by atoms with Crippen LogP contribution in [-0.4, -0.2) is 66.3 Å². The molecule has 2 atom stereocenters. The topological polar surface area (TPSA) is 96.0 Å². The first-order valence-electron chi connectivity index (χ1n) is 10.2. The van der Waals surface area contributed by atoms with Gasteiger partial charge in [0.25, 0.3) is 0 Å². The second-order valence-corrected chi connectivity index (χ2v) is 11.5. The quantitative estimate of drug-likeness (QED) is 0.735. The number of hydrogen-bond acceptors (Lipinski definition) is 6. The van der Waals surface area contributed by atoms with Gasteiger partial charge in [-0.3, -0.25) is 9.59 Å². The molecule has 1 aromatic carbocycles. The standard InChI is InChI=1S/C20H27N3O5S2/c1-20-9-8-18(24)23(20)15(13-29-20)19(25)21-14-6-7-16(28-2)17(12-14)30(26,27)22-10-4-3-5-11-22/h6-7,12,15H,3-5,8-11,13H2,1-2H3,(H,21,25)/t15-,20+/m0/s1. The van der Waals surface area contributed by atoms with Gasteiger partial charge >= 0.3 is 0 Å². The molecule has 3 fully saturated rings. The molecular formula is C20H27N3O5S2. The summed E-state index contributed by atoms with van der Waals surface area (Å²) in [6.45, 7) is 2.96. The van der Waals surface area contributed by atoms with Gasteiger partial charge in [-0.2, -0.15) is 4.31 Å². The van der Waals surface area contributed by atoms with Gasteiger partial charge in [-0.05, 0) is 44.4 Å². The van der Waals surface area contributed by atoms with Crippen molar-refractivity contribution < 1.29 is 22.7 Å². The molecule has 1 N–H and O–H groups in total. The zero-order valence-electron chi connectivity index (χ0n) is 17.2. The fraction of sp³-hybridized carbons (Fsp3) is 0.600. The molecule has 2 amide bonds. The number of anilines is 1. The Morgan fingerprint density at radius 3 is 2.70 bits per heavy atom. The summed E-state index contributed by atoms with van der Waals surface area (Å²) in [4.78, 5) is 26.7. The molecule has 0 saturated carbocycles. The van der Waals surface area contributed by atoms with Crippen LogP contribution in [0.25, 0.3) is 0 Å². The summed E-state index contributed by atoms with van der Waals surface area (Å²) < 4.78 is 33.1. The minimum absolute atomic E-state index is 0.00857. The van der Waals surface area contributed by atoms with Crippen LogP contribution in [0, 0.1) is 0 Å². The first-order valence-corrected chi connectivity index (χ1v) is 12.6. The lowest BCUT2D eigenvalue weighted by atomic mass is 10.2. The van der Waals surface area contributed by atoms with Crippen molar-refractivity contribution in [2.75, 3.05) is 31.3 Å². The summed E-state index contributed by atoms with van der Waals surface area (Å²) in [5.41, 5.74) is 0.377. The minimum atomic E-state index is -3.73. The van der Waals surface area contributed by atoms with E-state index in [1.54, 1.807) is 28.8 Å². The second kappa shape index (κ2) is 8.05. The Balaban J connectivity index is 1.58. The number of amides is 2. The number of piperidine rings is 1. The molecule has 8 nitrogen and oxygen atoms in total. The molecule has 3 heterocycles. The number of nitrogens with zero attached hydrogens (tertiary/aromatic N) is 2. The summed E-state index contributed by atoms with van der Waals surface area (Å²) in [5, 5.41) is 2.82. The van der Waals surface area contributed by atoms with Crippen LogP contribution >= 0.6 is 11.8 Å². The van der Waals surface area contributed by atoms with Gasteiger partial charge in [-0.15, -0.1) is 11.8 Å². The number of sulfonamides is 1. The smallest absolute Gasteiger partial charge is 0.248 e. The zero-order valence-corrected chi connectivity index (χ0v) is 18.9. The molecule has 0 unspecified atom stereocenters. The van der Waals surface area contributed by atoms with E-state index in [0.717, 1.165) is 25.7 Å². The third-order valence-corrected chi connectivity index (χ3v) is 9.54. The Kier molecular flexibility index (Phi) is 5.75. The number of fused-ring (bicyclic) bond motifs is 1. The highest BCUT2D eigenvalue weighted by Crippen LogP contribution is 2.47. The first kappa shape index (κ1) is 21.5. The summed E-state index contributed by atoms with van der Waals surface area (Å²) >= 11 is 1.62. The number of ether oxygens (including phenoxy) is 1. The fourth-order valence-electron chi connectivity index (χ4n) is 4.44. The summed E-state index contributed by atoms with van der Waals surface area (Å²) in [6.07, 6.45) is 3.88. The van der Waals surface area contributed by atoms with E-state index in [4.69, 9.17) is 4.74 Å². The SMILES string of the molecule is COc1ccc(NC(=O)[C@@H]2CS[C@]3(C)CCC(=O)N23)cc1S(=O)(=O)N1CCCCC1. The highest BCUT2D eigenvalue weighted by atomic mass is 32.2. The van der Waals surface area contributed by atoms with Crippen molar-refractivity contribution in [1.82, 2.24) is 9.21 Å². The molecule has 4 rings (SSSR count). The summed E-state index contributed by atoms with van der Waals surface area (Å²) in [5.74, 6) is 0.472. The van der Waals surface area contributed by atoms with Crippen LogP contribution in [0.4, 0.5) is 5.69 Å². The highest BCUT2D eigenvalue weighted by Gasteiger charge is 2.52. The zero-order chi connectivity index (χ0) is 21.5. The lowest BCUT2D eigenvalue weighted by Gasteiger charge is -2.30. The number of methoxy groups -OCH3 is 1. The van der Waals surface area contributed by atoms with Gasteiger partial charge in [-0.25, -0.2) is 8.42 Å². The number of thioether (sulfide) groups is 1. The number of carbonyl (C=O) groups is 2. The largest absolute Gasteiger partial charge is 0.495 e. The number of rotatable bonds is 5.